The number of anilines is 1. The van der Waals surface area contributed by atoms with Crippen molar-refractivity contribution in [3.63, 3.8) is 0 Å². The first-order chi connectivity index (χ1) is 15.2. The summed E-state index contributed by atoms with van der Waals surface area (Å²) < 4.78 is 15.9. The van der Waals surface area contributed by atoms with E-state index in [0.717, 1.165) is 5.69 Å². The van der Waals surface area contributed by atoms with E-state index in [1.807, 2.05) is 25.1 Å². The highest BCUT2D eigenvalue weighted by molar-refractivity contribution is 9.10. The summed E-state index contributed by atoms with van der Waals surface area (Å²) in [6.45, 7) is 0. The molecule has 0 aliphatic rings. The normalized spacial score (nSPS) is 9.94. The zero-order chi connectivity index (χ0) is 23.4. The quantitative estimate of drug-likeness (QED) is 0.192. The number of benzene rings is 3. The van der Waals surface area contributed by atoms with E-state index in [2.05, 4.69) is 55.5 Å². The number of nitrogens with zero attached hydrogens (tertiary/aromatic N) is 2. The highest BCUT2D eigenvalue weighted by atomic mass is 79.9. The van der Waals surface area contributed by atoms with Crippen molar-refractivity contribution in [1.29, 1.82) is 0 Å². The Hall–Kier alpha value is -2.84. The number of rotatable bonds is 2. The third-order valence-electron chi connectivity index (χ3n) is 4.33. The van der Waals surface area contributed by atoms with E-state index in [9.17, 15) is 14.5 Å². The van der Waals surface area contributed by atoms with Gasteiger partial charge in [-0.05, 0) is 68.3 Å². The second kappa shape index (κ2) is 10.2. The lowest BCUT2D eigenvalue weighted by molar-refractivity contribution is -0.384. The molecular weight excluding hydrogens is 563 g/mol. The molecule has 0 aliphatic heterocycles. The Morgan fingerprint density at radius 1 is 0.906 bits per heavy atom. The van der Waals surface area contributed by atoms with E-state index < -0.39 is 10.7 Å². The van der Waals surface area contributed by atoms with Crippen molar-refractivity contribution >= 4 is 54.8 Å². The lowest BCUT2D eigenvalue weighted by Crippen LogP contribution is -2.08. The molecule has 0 saturated heterocycles. The molecule has 3 rings (SSSR count). The molecule has 3 aromatic rings. The molecule has 0 saturated carbocycles. The fourth-order valence-electron chi connectivity index (χ4n) is 2.64. The molecule has 160 valence electrons. The number of nitro groups is 1. The van der Waals surface area contributed by atoms with Gasteiger partial charge in [-0.2, -0.15) is 0 Å². The van der Waals surface area contributed by atoms with Crippen LogP contribution in [0.1, 0.15) is 22.3 Å². The number of hydrogen-bond acceptors (Lipinski definition) is 3. The molecule has 3 aromatic carbocycles. The second-order valence-electron chi connectivity index (χ2n) is 6.80. The second-order valence-corrected chi connectivity index (χ2v) is 8.91. The first kappa shape index (κ1) is 23.8. The van der Waals surface area contributed by atoms with Gasteiger partial charge < -0.3 is 4.90 Å². The van der Waals surface area contributed by atoms with E-state index in [1.54, 1.807) is 24.3 Å². The van der Waals surface area contributed by atoms with Gasteiger partial charge in [-0.3, -0.25) is 10.1 Å². The summed E-state index contributed by atoms with van der Waals surface area (Å²) in [5.41, 5.74) is 2.66. The van der Waals surface area contributed by atoms with E-state index >= 15 is 0 Å². The Morgan fingerprint density at radius 2 is 1.50 bits per heavy atom. The van der Waals surface area contributed by atoms with Crippen molar-refractivity contribution < 1.29 is 9.31 Å². The SMILES string of the molecule is CN(C)c1cc(Cl)c(C#Cc2c(F)cc(C#Cc3ccc([N+](=O)[O-])cc3)cc2Br)c(Br)c1. The lowest BCUT2D eigenvalue weighted by Gasteiger charge is -2.14. The van der Waals surface area contributed by atoms with E-state index in [0.29, 0.717) is 30.7 Å². The van der Waals surface area contributed by atoms with Gasteiger partial charge in [0.1, 0.15) is 5.82 Å². The Bertz CT molecular complexity index is 1290. The monoisotopic (exact) mass is 574 g/mol. The van der Waals surface area contributed by atoms with Gasteiger partial charge in [-0.25, -0.2) is 4.39 Å². The molecule has 8 heteroatoms. The fraction of sp³-hybridized carbons (Fsp3) is 0.0833. The summed E-state index contributed by atoms with van der Waals surface area (Å²) in [4.78, 5) is 12.2. The maximum absolute atomic E-state index is 14.7. The molecule has 0 aromatic heterocycles. The fourth-order valence-corrected chi connectivity index (χ4v) is 4.10. The molecule has 0 N–H and O–H groups in total. The number of halogens is 4. The third kappa shape index (κ3) is 5.69. The van der Waals surface area contributed by atoms with Gasteiger partial charge in [0.05, 0.1) is 21.1 Å². The van der Waals surface area contributed by atoms with Gasteiger partial charge in [-0.1, -0.05) is 35.3 Å². The van der Waals surface area contributed by atoms with Crippen LogP contribution in [0.25, 0.3) is 0 Å². The molecule has 0 amide bonds. The summed E-state index contributed by atoms with van der Waals surface area (Å²) >= 11 is 13.2. The van der Waals surface area contributed by atoms with E-state index in [4.69, 9.17) is 11.6 Å². The van der Waals surface area contributed by atoms with Crippen LogP contribution >= 0.6 is 43.5 Å². The van der Waals surface area contributed by atoms with Gasteiger partial charge in [0, 0.05) is 52.0 Å². The molecule has 0 atom stereocenters. The smallest absolute Gasteiger partial charge is 0.269 e. The Kier molecular flexibility index (Phi) is 7.58. The van der Waals surface area contributed by atoms with Crippen molar-refractivity contribution in [1.82, 2.24) is 0 Å². The number of hydrogen-bond donors (Lipinski definition) is 0. The van der Waals surface area contributed by atoms with Crippen molar-refractivity contribution in [3.05, 3.63) is 101 Å². The van der Waals surface area contributed by atoms with Crippen LogP contribution in [-0.4, -0.2) is 19.0 Å². The summed E-state index contributed by atoms with van der Waals surface area (Å²) in [7, 11) is 3.81. The van der Waals surface area contributed by atoms with Crippen LogP contribution in [0.2, 0.25) is 5.02 Å². The van der Waals surface area contributed by atoms with Crippen LogP contribution in [0, 0.1) is 39.6 Å². The Labute approximate surface area is 206 Å². The predicted octanol–water partition coefficient (Wildman–Crippen LogP) is 6.78. The minimum absolute atomic E-state index is 0.0182. The van der Waals surface area contributed by atoms with Gasteiger partial charge in [0.25, 0.3) is 5.69 Å². The highest BCUT2D eigenvalue weighted by Crippen LogP contribution is 2.30. The lowest BCUT2D eigenvalue weighted by atomic mass is 10.1. The largest absolute Gasteiger partial charge is 0.378 e. The van der Waals surface area contributed by atoms with E-state index in [-0.39, 0.29) is 11.3 Å². The van der Waals surface area contributed by atoms with Gasteiger partial charge in [-0.15, -0.1) is 0 Å². The summed E-state index contributed by atoms with van der Waals surface area (Å²) in [5.74, 6) is 11.0. The van der Waals surface area contributed by atoms with Gasteiger partial charge in [0.15, 0.2) is 0 Å². The van der Waals surface area contributed by atoms with Crippen molar-refractivity contribution in [2.75, 3.05) is 19.0 Å². The van der Waals surface area contributed by atoms with Crippen molar-refractivity contribution in [3.8, 4) is 23.7 Å². The van der Waals surface area contributed by atoms with Crippen LogP contribution in [-0.2, 0) is 0 Å². The van der Waals surface area contributed by atoms with Crippen LogP contribution < -0.4 is 4.90 Å². The maximum Gasteiger partial charge on any atom is 0.269 e. The molecule has 0 fully saturated rings. The molecule has 0 bridgehead atoms. The molecule has 32 heavy (non-hydrogen) atoms. The first-order valence-electron chi connectivity index (χ1n) is 9.09. The first-order valence-corrected chi connectivity index (χ1v) is 11.1. The van der Waals surface area contributed by atoms with Gasteiger partial charge >= 0.3 is 0 Å². The summed E-state index contributed by atoms with van der Waals surface area (Å²) in [5, 5.41) is 11.2. The summed E-state index contributed by atoms with van der Waals surface area (Å²) in [6.07, 6.45) is 0. The molecular formula is C24H14Br2ClFN2O2. The molecule has 0 aliphatic carbocycles. The molecule has 4 nitrogen and oxygen atoms in total. The minimum atomic E-state index is -0.531. The topological polar surface area (TPSA) is 46.4 Å². The third-order valence-corrected chi connectivity index (χ3v) is 5.88. The molecule has 0 spiro atoms. The van der Waals surface area contributed by atoms with Crippen LogP contribution in [0.5, 0.6) is 0 Å². The average Bonchev–Trinajstić information content (AvgIpc) is 2.73. The molecule has 0 heterocycles. The molecule has 0 unspecified atom stereocenters. The van der Waals surface area contributed by atoms with Crippen LogP contribution in [0.4, 0.5) is 15.8 Å². The van der Waals surface area contributed by atoms with Crippen molar-refractivity contribution in [2.45, 2.75) is 0 Å². The number of non-ortho nitro benzene ring substituents is 1. The van der Waals surface area contributed by atoms with Crippen molar-refractivity contribution in [2.24, 2.45) is 0 Å². The standard InChI is InChI=1S/C24H14Br2ClFN2O2/c1-29(2)18-13-22(26)19(23(27)14-18)9-10-20-21(25)11-16(12-24(20)28)4-3-15-5-7-17(8-6-15)30(31)32/h5-8,11-14H,1-2H3. The molecule has 0 radical (unpaired) electrons. The van der Waals surface area contributed by atoms with Crippen LogP contribution in [0.3, 0.4) is 0 Å². The highest BCUT2D eigenvalue weighted by Gasteiger charge is 2.10. The Balaban J connectivity index is 1.90. The average molecular weight is 577 g/mol. The zero-order valence-corrected chi connectivity index (χ0v) is 20.8. The Morgan fingerprint density at radius 3 is 2.06 bits per heavy atom. The van der Waals surface area contributed by atoms with E-state index in [1.165, 1.54) is 18.2 Å². The summed E-state index contributed by atoms with van der Waals surface area (Å²) in [6, 6.07) is 12.5. The zero-order valence-electron chi connectivity index (χ0n) is 16.8. The minimum Gasteiger partial charge on any atom is -0.378 e. The maximum atomic E-state index is 14.7. The van der Waals surface area contributed by atoms with Gasteiger partial charge in [0.2, 0.25) is 0 Å². The number of nitro benzene ring substituents is 1. The predicted molar refractivity (Wildman–Crippen MR) is 133 cm³/mol. The van der Waals surface area contributed by atoms with Crippen LogP contribution in [0.15, 0.2) is 57.5 Å².